The van der Waals surface area contributed by atoms with Gasteiger partial charge in [-0.2, -0.15) is 5.26 Å². The minimum Gasteiger partial charge on any atom is -0.372 e. The highest BCUT2D eigenvalue weighted by Gasteiger charge is 2.24. The molecule has 0 bridgehead atoms. The third-order valence-corrected chi connectivity index (χ3v) is 4.03. The average molecular weight is 344 g/mol. The number of halogens is 1. The van der Waals surface area contributed by atoms with Crippen LogP contribution < -0.4 is 16.1 Å². The molecular formula is C17H17FN4O3. The van der Waals surface area contributed by atoms with Crippen LogP contribution in [0.3, 0.4) is 0 Å². The van der Waals surface area contributed by atoms with E-state index in [2.05, 4.69) is 0 Å². The van der Waals surface area contributed by atoms with Crippen molar-refractivity contribution in [3.05, 3.63) is 56.6 Å². The quantitative estimate of drug-likeness (QED) is 0.882. The molecule has 1 saturated heterocycles. The van der Waals surface area contributed by atoms with E-state index in [4.69, 9.17) is 10.00 Å². The van der Waals surface area contributed by atoms with Gasteiger partial charge < -0.3 is 9.64 Å². The summed E-state index contributed by atoms with van der Waals surface area (Å²) >= 11 is 0. The lowest BCUT2D eigenvalue weighted by Crippen LogP contribution is -2.45. The van der Waals surface area contributed by atoms with Crippen molar-refractivity contribution in [2.75, 3.05) is 18.0 Å². The van der Waals surface area contributed by atoms with Gasteiger partial charge in [-0.1, -0.05) is 0 Å². The molecule has 0 saturated carbocycles. The molecule has 130 valence electrons. The largest absolute Gasteiger partial charge is 0.372 e. The van der Waals surface area contributed by atoms with Crippen LogP contribution in [-0.2, 0) is 4.74 Å². The molecule has 0 radical (unpaired) electrons. The van der Waals surface area contributed by atoms with Crippen LogP contribution >= 0.6 is 0 Å². The van der Waals surface area contributed by atoms with Gasteiger partial charge in [-0.25, -0.2) is 9.18 Å². The topological polar surface area (TPSA) is 91.1 Å². The molecule has 0 aliphatic carbocycles. The van der Waals surface area contributed by atoms with E-state index in [1.807, 2.05) is 23.7 Å². The Morgan fingerprint density at radius 1 is 1.28 bits per heavy atom. The summed E-state index contributed by atoms with van der Waals surface area (Å²) in [7, 11) is 0. The molecule has 1 aromatic carbocycles. The lowest BCUT2D eigenvalue weighted by Gasteiger charge is -2.37. The molecule has 1 aliphatic heterocycles. The van der Waals surface area contributed by atoms with E-state index in [1.54, 1.807) is 18.2 Å². The Labute approximate surface area is 142 Å². The summed E-state index contributed by atoms with van der Waals surface area (Å²) in [5.41, 5.74) is -1.07. The molecule has 3 rings (SSSR count). The van der Waals surface area contributed by atoms with Crippen molar-refractivity contribution in [2.45, 2.75) is 26.1 Å². The molecule has 1 aromatic heterocycles. The van der Waals surface area contributed by atoms with Crippen molar-refractivity contribution in [3.8, 4) is 11.8 Å². The van der Waals surface area contributed by atoms with Gasteiger partial charge in [-0.05, 0) is 26.0 Å². The molecule has 7 nitrogen and oxygen atoms in total. The second kappa shape index (κ2) is 6.53. The molecular weight excluding hydrogens is 327 g/mol. The summed E-state index contributed by atoms with van der Waals surface area (Å²) in [6.45, 7) is 4.99. The monoisotopic (exact) mass is 344 g/mol. The van der Waals surface area contributed by atoms with Gasteiger partial charge in [0, 0.05) is 25.4 Å². The number of hydrogen-bond donors (Lipinski definition) is 1. The Morgan fingerprint density at radius 3 is 2.56 bits per heavy atom. The molecule has 25 heavy (non-hydrogen) atoms. The lowest BCUT2D eigenvalue weighted by atomic mass is 10.2. The molecule has 1 aliphatic rings. The van der Waals surface area contributed by atoms with Crippen molar-refractivity contribution < 1.29 is 9.13 Å². The van der Waals surface area contributed by atoms with E-state index in [9.17, 15) is 14.0 Å². The maximum absolute atomic E-state index is 14.6. The first-order valence-corrected chi connectivity index (χ1v) is 7.85. The van der Waals surface area contributed by atoms with Gasteiger partial charge in [-0.3, -0.25) is 14.3 Å². The van der Waals surface area contributed by atoms with E-state index in [0.29, 0.717) is 18.8 Å². The van der Waals surface area contributed by atoms with Gasteiger partial charge in [0.25, 0.3) is 5.56 Å². The molecule has 1 N–H and O–H groups in total. The zero-order valence-corrected chi connectivity index (χ0v) is 13.8. The maximum atomic E-state index is 14.6. The van der Waals surface area contributed by atoms with Crippen molar-refractivity contribution in [1.82, 2.24) is 9.55 Å². The number of benzene rings is 1. The molecule has 0 amide bonds. The average Bonchev–Trinajstić information content (AvgIpc) is 2.54. The number of nitriles is 1. The summed E-state index contributed by atoms with van der Waals surface area (Å²) in [5, 5.41) is 8.92. The molecule has 0 unspecified atom stereocenters. The predicted octanol–water partition coefficient (Wildman–Crippen LogP) is 1.15. The normalized spacial score (nSPS) is 20.3. The number of hydrogen-bond acceptors (Lipinski definition) is 5. The number of rotatable bonds is 2. The third kappa shape index (κ3) is 3.32. The van der Waals surface area contributed by atoms with Crippen molar-refractivity contribution >= 4 is 5.69 Å². The summed E-state index contributed by atoms with van der Waals surface area (Å²) in [5.74, 6) is -0.490. The zero-order chi connectivity index (χ0) is 18.1. The smallest absolute Gasteiger partial charge is 0.332 e. The van der Waals surface area contributed by atoms with Gasteiger partial charge in [0.1, 0.15) is 17.4 Å². The Hall–Kier alpha value is -2.92. The van der Waals surface area contributed by atoms with Crippen LogP contribution in [0.2, 0.25) is 0 Å². The zero-order valence-electron chi connectivity index (χ0n) is 13.8. The summed E-state index contributed by atoms with van der Waals surface area (Å²) < 4.78 is 21.3. The van der Waals surface area contributed by atoms with E-state index in [0.717, 1.165) is 10.8 Å². The number of ether oxygens (including phenoxy) is 1. The molecule has 2 atom stereocenters. The molecule has 2 aromatic rings. The third-order valence-electron chi connectivity index (χ3n) is 4.03. The Morgan fingerprint density at radius 2 is 1.96 bits per heavy atom. The van der Waals surface area contributed by atoms with Gasteiger partial charge in [0.05, 0.1) is 23.6 Å². The van der Waals surface area contributed by atoms with Crippen LogP contribution in [0.4, 0.5) is 10.1 Å². The first kappa shape index (κ1) is 16.9. The van der Waals surface area contributed by atoms with Crippen molar-refractivity contribution in [3.63, 3.8) is 0 Å². The number of morpholine rings is 1. The van der Waals surface area contributed by atoms with Crippen LogP contribution in [0, 0.1) is 17.1 Å². The SMILES string of the molecule is C[C@@H]1CN(c2ccc(-n3cc(C#N)c(=O)[nH]c3=O)cc2F)C[C@@H](C)O1. The number of aromatic amines is 1. The number of aromatic nitrogens is 2. The second-order valence-electron chi connectivity index (χ2n) is 6.08. The summed E-state index contributed by atoms with van der Waals surface area (Å²) in [4.78, 5) is 27.3. The van der Waals surface area contributed by atoms with E-state index >= 15 is 0 Å². The highest BCUT2D eigenvalue weighted by atomic mass is 19.1. The highest BCUT2D eigenvalue weighted by Crippen LogP contribution is 2.25. The first-order chi connectivity index (χ1) is 11.9. The van der Waals surface area contributed by atoms with E-state index in [-0.39, 0.29) is 23.5 Å². The lowest BCUT2D eigenvalue weighted by molar-refractivity contribution is -0.00539. The van der Waals surface area contributed by atoms with Crippen LogP contribution in [0.1, 0.15) is 19.4 Å². The van der Waals surface area contributed by atoms with Gasteiger partial charge in [0.2, 0.25) is 0 Å². The number of nitrogens with one attached hydrogen (secondary N) is 1. The van der Waals surface area contributed by atoms with Crippen molar-refractivity contribution in [2.24, 2.45) is 0 Å². The number of nitrogens with zero attached hydrogens (tertiary/aromatic N) is 3. The van der Waals surface area contributed by atoms with Gasteiger partial charge in [0.15, 0.2) is 0 Å². The summed E-state index contributed by atoms with van der Waals surface area (Å²) in [6, 6.07) is 6.07. The van der Waals surface area contributed by atoms with Gasteiger partial charge in [-0.15, -0.1) is 0 Å². The fraction of sp³-hybridized carbons (Fsp3) is 0.353. The Bertz CT molecular complexity index is 950. The van der Waals surface area contributed by atoms with Crippen molar-refractivity contribution in [1.29, 1.82) is 5.26 Å². The standard InChI is InChI=1S/C17H17FN4O3/c1-10-7-21(8-11(2)25-10)15-4-3-13(5-14(15)18)22-9-12(6-19)16(23)20-17(22)24/h3-5,9-11H,7-8H2,1-2H3,(H,20,23,24)/t10-,11-/m1/s1. The van der Waals surface area contributed by atoms with Crippen LogP contribution in [0.25, 0.3) is 5.69 Å². The minimum absolute atomic E-state index is 0.0113. The fourth-order valence-corrected chi connectivity index (χ4v) is 3.02. The number of H-pyrrole nitrogens is 1. The Balaban J connectivity index is 2.00. The maximum Gasteiger partial charge on any atom is 0.332 e. The highest BCUT2D eigenvalue weighted by molar-refractivity contribution is 5.53. The predicted molar refractivity (Wildman–Crippen MR) is 89.6 cm³/mol. The fourth-order valence-electron chi connectivity index (χ4n) is 3.02. The Kier molecular flexibility index (Phi) is 4.42. The van der Waals surface area contributed by atoms with Crippen LogP contribution in [0.15, 0.2) is 34.0 Å². The molecule has 8 heteroatoms. The van der Waals surface area contributed by atoms with E-state index < -0.39 is 17.1 Å². The molecule has 0 spiro atoms. The first-order valence-electron chi connectivity index (χ1n) is 7.85. The molecule has 1 fully saturated rings. The minimum atomic E-state index is -0.767. The van der Waals surface area contributed by atoms with Crippen LogP contribution in [-0.4, -0.2) is 34.8 Å². The number of anilines is 1. The summed E-state index contributed by atoms with van der Waals surface area (Å²) in [6.07, 6.45) is 1.08. The molecule has 2 heterocycles. The van der Waals surface area contributed by atoms with E-state index in [1.165, 1.54) is 6.07 Å². The van der Waals surface area contributed by atoms with Gasteiger partial charge >= 0.3 is 5.69 Å². The van der Waals surface area contributed by atoms with Crippen LogP contribution in [0.5, 0.6) is 0 Å². The second-order valence-corrected chi connectivity index (χ2v) is 6.08.